The monoisotopic (exact) mass is 333 g/mol. The van der Waals surface area contributed by atoms with Gasteiger partial charge >= 0.3 is 6.03 Å². The van der Waals surface area contributed by atoms with E-state index in [2.05, 4.69) is 10.3 Å². The van der Waals surface area contributed by atoms with Crippen LogP contribution in [0.15, 0.2) is 36.5 Å². The van der Waals surface area contributed by atoms with Crippen LogP contribution in [0.25, 0.3) is 0 Å². The molecule has 0 spiro atoms. The minimum Gasteiger partial charge on any atom is -0.486 e. The van der Waals surface area contributed by atoms with Crippen LogP contribution in [-0.4, -0.2) is 30.6 Å². The van der Waals surface area contributed by atoms with E-state index in [1.165, 1.54) is 12.3 Å². The molecule has 1 aliphatic heterocycles. The summed E-state index contributed by atoms with van der Waals surface area (Å²) in [5.41, 5.74) is 0.793. The number of urea groups is 1. The molecule has 0 atom stereocenters. The molecule has 118 valence electrons. The predicted octanol–water partition coefficient (Wildman–Crippen LogP) is 2.70. The van der Waals surface area contributed by atoms with Gasteiger partial charge < -0.3 is 14.8 Å². The third-order valence-electron chi connectivity index (χ3n) is 3.11. The number of carbonyl (C=O) groups excluding carboxylic acids is 2. The second kappa shape index (κ2) is 6.53. The number of aromatic nitrogens is 1. The van der Waals surface area contributed by atoms with Crippen molar-refractivity contribution in [1.29, 1.82) is 0 Å². The third-order valence-corrected chi connectivity index (χ3v) is 3.31. The Labute approximate surface area is 136 Å². The van der Waals surface area contributed by atoms with Crippen LogP contribution in [0, 0.1) is 0 Å². The van der Waals surface area contributed by atoms with Gasteiger partial charge in [0.1, 0.15) is 18.4 Å². The van der Waals surface area contributed by atoms with E-state index in [9.17, 15) is 9.59 Å². The molecule has 2 heterocycles. The molecule has 1 aromatic carbocycles. The van der Waals surface area contributed by atoms with Crippen molar-refractivity contribution in [3.8, 4) is 11.5 Å². The van der Waals surface area contributed by atoms with Crippen molar-refractivity contribution < 1.29 is 19.1 Å². The Morgan fingerprint density at radius 2 is 2.00 bits per heavy atom. The zero-order valence-electron chi connectivity index (χ0n) is 11.9. The van der Waals surface area contributed by atoms with Crippen molar-refractivity contribution in [3.63, 3.8) is 0 Å². The van der Waals surface area contributed by atoms with Crippen LogP contribution in [0.2, 0.25) is 5.15 Å². The molecular weight excluding hydrogens is 322 g/mol. The average molecular weight is 334 g/mol. The number of hydrogen-bond donors (Lipinski definition) is 1. The molecule has 0 fully saturated rings. The van der Waals surface area contributed by atoms with E-state index in [4.69, 9.17) is 21.1 Å². The van der Waals surface area contributed by atoms with Crippen molar-refractivity contribution in [2.45, 2.75) is 0 Å². The summed E-state index contributed by atoms with van der Waals surface area (Å²) in [5.74, 6) is 1.06. The molecule has 1 aliphatic rings. The Morgan fingerprint density at radius 1 is 1.22 bits per heavy atom. The van der Waals surface area contributed by atoms with Gasteiger partial charge in [0.15, 0.2) is 11.5 Å². The number of amides is 3. The van der Waals surface area contributed by atoms with E-state index >= 15 is 0 Å². The lowest BCUT2D eigenvalue weighted by Gasteiger charge is -2.21. The fourth-order valence-electron chi connectivity index (χ4n) is 2.07. The normalized spacial score (nSPS) is 12.4. The molecule has 3 amide bonds. The van der Waals surface area contributed by atoms with E-state index in [1.807, 2.05) is 0 Å². The summed E-state index contributed by atoms with van der Waals surface area (Å²) in [7, 11) is 0. The van der Waals surface area contributed by atoms with E-state index in [1.54, 1.807) is 24.3 Å². The first kappa shape index (κ1) is 15.1. The van der Waals surface area contributed by atoms with E-state index < -0.39 is 6.03 Å². The molecule has 0 radical (unpaired) electrons. The van der Waals surface area contributed by atoms with Gasteiger partial charge in [-0.3, -0.25) is 4.79 Å². The van der Waals surface area contributed by atoms with Gasteiger partial charge in [0, 0.05) is 18.0 Å². The highest BCUT2D eigenvalue weighted by Gasteiger charge is 2.19. The summed E-state index contributed by atoms with van der Waals surface area (Å²) in [6.07, 6.45) is 1.87. The third kappa shape index (κ3) is 3.35. The molecule has 0 unspecified atom stereocenters. The molecule has 8 heteroatoms. The smallest absolute Gasteiger partial charge is 0.332 e. The van der Waals surface area contributed by atoms with E-state index in [0.717, 1.165) is 4.90 Å². The van der Waals surface area contributed by atoms with E-state index in [0.29, 0.717) is 42.5 Å². The van der Waals surface area contributed by atoms with E-state index in [-0.39, 0.29) is 5.15 Å². The lowest BCUT2D eigenvalue weighted by Crippen LogP contribution is -2.33. The number of fused-ring (bicyclic) bond motifs is 1. The van der Waals surface area contributed by atoms with Crippen molar-refractivity contribution in [2.24, 2.45) is 0 Å². The Kier molecular flexibility index (Phi) is 4.29. The fourth-order valence-corrected chi connectivity index (χ4v) is 2.25. The second-order valence-electron chi connectivity index (χ2n) is 4.60. The minimum atomic E-state index is -0.626. The SMILES string of the molecule is O=CN(C(=O)Nc1ccnc(Cl)c1)c1ccc2c(c1)OCCO2. The highest BCUT2D eigenvalue weighted by Crippen LogP contribution is 2.33. The zero-order valence-corrected chi connectivity index (χ0v) is 12.6. The number of pyridine rings is 1. The van der Waals surface area contributed by atoms with Gasteiger partial charge in [-0.05, 0) is 24.3 Å². The van der Waals surface area contributed by atoms with Gasteiger partial charge in [-0.25, -0.2) is 14.7 Å². The summed E-state index contributed by atoms with van der Waals surface area (Å²) in [6.45, 7) is 0.881. The predicted molar refractivity (Wildman–Crippen MR) is 84.2 cm³/mol. The van der Waals surface area contributed by atoms with Crippen molar-refractivity contribution in [2.75, 3.05) is 23.4 Å². The number of ether oxygens (including phenoxy) is 2. The summed E-state index contributed by atoms with van der Waals surface area (Å²) in [6, 6.07) is 7.24. The molecule has 0 bridgehead atoms. The van der Waals surface area contributed by atoms with Crippen LogP contribution in [0.5, 0.6) is 11.5 Å². The topological polar surface area (TPSA) is 80.8 Å². The molecule has 0 saturated heterocycles. The van der Waals surface area contributed by atoms with Crippen molar-refractivity contribution >= 4 is 35.4 Å². The van der Waals surface area contributed by atoms with Crippen LogP contribution in [-0.2, 0) is 4.79 Å². The highest BCUT2D eigenvalue weighted by atomic mass is 35.5. The number of hydrogen-bond acceptors (Lipinski definition) is 5. The van der Waals surface area contributed by atoms with Crippen LogP contribution >= 0.6 is 11.6 Å². The molecule has 0 saturated carbocycles. The Balaban J connectivity index is 1.81. The Bertz CT molecular complexity index is 753. The number of nitrogens with one attached hydrogen (secondary N) is 1. The van der Waals surface area contributed by atoms with Gasteiger partial charge in [0.05, 0.1) is 5.69 Å². The first-order chi connectivity index (χ1) is 11.2. The van der Waals surface area contributed by atoms with Gasteiger partial charge in [-0.2, -0.15) is 0 Å². The summed E-state index contributed by atoms with van der Waals surface area (Å²) < 4.78 is 10.9. The molecule has 2 aromatic rings. The van der Waals surface area contributed by atoms with Gasteiger partial charge in [-0.1, -0.05) is 11.6 Å². The summed E-state index contributed by atoms with van der Waals surface area (Å²) in [5, 5.41) is 2.81. The van der Waals surface area contributed by atoms with Crippen molar-refractivity contribution in [3.05, 3.63) is 41.7 Å². The van der Waals surface area contributed by atoms with Gasteiger partial charge in [0.2, 0.25) is 6.41 Å². The van der Waals surface area contributed by atoms with Crippen LogP contribution in [0.3, 0.4) is 0 Å². The highest BCUT2D eigenvalue weighted by molar-refractivity contribution is 6.29. The molecule has 7 nitrogen and oxygen atoms in total. The maximum atomic E-state index is 12.3. The fraction of sp³-hybridized carbons (Fsp3) is 0.133. The van der Waals surface area contributed by atoms with Gasteiger partial charge in [-0.15, -0.1) is 0 Å². The molecule has 0 aliphatic carbocycles. The lowest BCUT2D eigenvalue weighted by atomic mass is 10.2. The summed E-state index contributed by atoms with van der Waals surface area (Å²) in [4.78, 5) is 28.3. The molecule has 1 N–H and O–H groups in total. The van der Waals surface area contributed by atoms with Crippen LogP contribution in [0.4, 0.5) is 16.2 Å². The maximum absolute atomic E-state index is 12.3. The molecular formula is C15H12ClN3O4. The number of rotatable bonds is 3. The number of carbonyl (C=O) groups is 2. The summed E-state index contributed by atoms with van der Waals surface area (Å²) >= 11 is 5.76. The largest absolute Gasteiger partial charge is 0.486 e. The maximum Gasteiger partial charge on any atom is 0.332 e. The minimum absolute atomic E-state index is 0.236. The number of nitrogens with zero attached hydrogens (tertiary/aromatic N) is 2. The number of imide groups is 1. The zero-order chi connectivity index (χ0) is 16.2. The van der Waals surface area contributed by atoms with Gasteiger partial charge in [0.25, 0.3) is 0 Å². The standard InChI is InChI=1S/C15H12ClN3O4/c16-14-7-10(3-4-17-14)18-15(21)19(9-20)11-1-2-12-13(8-11)23-6-5-22-12/h1-4,7-9H,5-6H2,(H,17,18,21). The molecule has 3 rings (SSSR count). The average Bonchev–Trinajstić information content (AvgIpc) is 2.55. The Morgan fingerprint density at radius 3 is 2.74 bits per heavy atom. The quantitative estimate of drug-likeness (QED) is 0.690. The second-order valence-corrected chi connectivity index (χ2v) is 4.99. The number of anilines is 2. The molecule has 23 heavy (non-hydrogen) atoms. The van der Waals surface area contributed by atoms with Crippen LogP contribution in [0.1, 0.15) is 0 Å². The first-order valence-electron chi connectivity index (χ1n) is 6.74. The first-order valence-corrected chi connectivity index (χ1v) is 7.12. The number of halogens is 1. The van der Waals surface area contributed by atoms with Crippen LogP contribution < -0.4 is 19.7 Å². The molecule has 1 aromatic heterocycles. The lowest BCUT2D eigenvalue weighted by molar-refractivity contribution is -0.106. The Hall–Kier alpha value is -2.80. The van der Waals surface area contributed by atoms with Crippen molar-refractivity contribution in [1.82, 2.24) is 4.98 Å². The number of benzene rings is 1.